The Morgan fingerprint density at radius 1 is 0.530 bits per heavy atom. The monoisotopic (exact) mass is 1560 g/mol. The van der Waals surface area contributed by atoms with Crippen molar-refractivity contribution in [3.05, 3.63) is 292 Å². The van der Waals surface area contributed by atoms with Crippen LogP contribution in [0.2, 0.25) is 5.82 Å². The zero-order valence-corrected chi connectivity index (χ0v) is 65.5. The molecule has 25 nitrogen and oxygen atoms in total. The Balaban J connectivity index is 0.000000143. The van der Waals surface area contributed by atoms with E-state index in [9.17, 15) is 19.5 Å². The number of ketones is 1. The number of fused-ring (bicyclic) bond motifs is 3. The van der Waals surface area contributed by atoms with Gasteiger partial charge in [0.25, 0.3) is 17.8 Å². The van der Waals surface area contributed by atoms with Crippen molar-refractivity contribution < 1.29 is 28.9 Å². The van der Waals surface area contributed by atoms with Crippen LogP contribution in [0.5, 0.6) is 11.5 Å². The number of aromatic nitrogens is 12. The number of nitrogens with two attached hydrogens (primary N) is 1. The Morgan fingerprint density at radius 3 is 1.50 bits per heavy atom. The van der Waals surface area contributed by atoms with E-state index >= 15 is 0 Å². The quantitative estimate of drug-likeness (QED) is 0.0100. The van der Waals surface area contributed by atoms with E-state index in [1.54, 1.807) is 21.7 Å². The van der Waals surface area contributed by atoms with Crippen LogP contribution in [-0.4, -0.2) is 135 Å². The Hall–Kier alpha value is -12.7. The number of nitrogens with one attached hydrogen (secondary N) is 7. The fraction of sp³-hybridized carbons (Fsp3) is 0.330. The molecule has 3 aromatic heterocycles. The van der Waals surface area contributed by atoms with Crippen LogP contribution in [0.25, 0.3) is 16.7 Å². The Kier molecular flexibility index (Phi) is 26.2. The average Bonchev–Trinajstić information content (AvgIpc) is 1.24. The number of hydrogen-bond donors (Lipinski definition) is 9. The summed E-state index contributed by atoms with van der Waals surface area (Å²) in [6, 6.07) is 69.4. The van der Waals surface area contributed by atoms with Crippen LogP contribution < -0.4 is 37.1 Å². The van der Waals surface area contributed by atoms with Gasteiger partial charge in [0.05, 0.1) is 31.0 Å². The average molecular weight is 1570 g/mol. The zero-order chi connectivity index (χ0) is 80.1. The van der Waals surface area contributed by atoms with E-state index in [0.29, 0.717) is 101 Å². The number of ether oxygens (including phenoxy) is 1. The number of aromatic hydroxyl groups is 1. The summed E-state index contributed by atoms with van der Waals surface area (Å²) in [5.41, 5.74) is 22.6. The molecule has 8 aromatic carbocycles. The summed E-state index contributed by atoms with van der Waals surface area (Å²) in [6.07, 6.45) is 20.3. The third kappa shape index (κ3) is 21.6. The normalized spacial score (nSPS) is 18.2. The van der Waals surface area contributed by atoms with Gasteiger partial charge >= 0.3 is 7.48 Å². The van der Waals surface area contributed by atoms with Gasteiger partial charge in [-0.1, -0.05) is 222 Å². The highest BCUT2D eigenvalue weighted by Crippen LogP contribution is 2.61. The number of tetrazole rings is 3. The molecule has 7 aliphatic carbocycles. The second-order valence-corrected chi connectivity index (χ2v) is 31.7. The van der Waals surface area contributed by atoms with E-state index in [-0.39, 0.29) is 53.3 Å². The molecule has 26 heteroatoms. The van der Waals surface area contributed by atoms with Gasteiger partial charge < -0.3 is 46.8 Å². The van der Waals surface area contributed by atoms with Crippen LogP contribution >= 0.6 is 0 Å². The van der Waals surface area contributed by atoms with Crippen LogP contribution in [0.1, 0.15) is 125 Å². The van der Waals surface area contributed by atoms with Gasteiger partial charge in [-0.05, 0) is 225 Å². The van der Waals surface area contributed by atoms with Gasteiger partial charge in [-0.2, -0.15) is 14.8 Å². The van der Waals surface area contributed by atoms with Crippen molar-refractivity contribution in [2.75, 3.05) is 35.6 Å². The van der Waals surface area contributed by atoms with Gasteiger partial charge in [0.1, 0.15) is 30.3 Å². The second-order valence-electron chi connectivity index (χ2n) is 31.7. The third-order valence-corrected chi connectivity index (χ3v) is 23.1. The van der Waals surface area contributed by atoms with Crippen molar-refractivity contribution in [2.45, 2.75) is 140 Å². The number of phenolic OH excluding ortho intramolecular Hbond substituents is 1. The number of rotatable bonds is 36. The summed E-state index contributed by atoms with van der Waals surface area (Å²) in [7, 11) is 1.41. The smallest absolute Gasteiger partial charge is 0.384 e. The molecule has 10 N–H and O–H groups in total. The van der Waals surface area contributed by atoms with E-state index in [1.807, 2.05) is 146 Å². The number of anilines is 3. The molecular formula is C91H99BN19O6. The molecule has 4 saturated carbocycles. The second kappa shape index (κ2) is 38.6. The number of Topliss-reactive ketones (excluding diaryl/α,β-unsaturated/α-hetero) is 1. The molecule has 3 heterocycles. The molecular weight excluding hydrogens is 1470 g/mol. The van der Waals surface area contributed by atoms with E-state index in [4.69, 9.17) is 20.5 Å². The summed E-state index contributed by atoms with van der Waals surface area (Å²) >= 11 is 0. The molecule has 2 amide bonds. The van der Waals surface area contributed by atoms with Crippen LogP contribution in [-0.2, 0) is 70.8 Å². The highest BCUT2D eigenvalue weighted by molar-refractivity contribution is 6.39. The first-order chi connectivity index (χ1) is 57.3. The number of carbonyl (C=O) groups excluding carboxylic acids is 3. The summed E-state index contributed by atoms with van der Waals surface area (Å²) in [5, 5.41) is 72.9. The number of benzene rings is 8. The molecule has 7 aliphatic rings. The van der Waals surface area contributed by atoms with Gasteiger partial charge in [-0.3, -0.25) is 19.8 Å². The maximum absolute atomic E-state index is 14.2. The fourth-order valence-corrected chi connectivity index (χ4v) is 17.8. The van der Waals surface area contributed by atoms with Crippen LogP contribution in [0.3, 0.4) is 0 Å². The van der Waals surface area contributed by atoms with E-state index < -0.39 is 11.7 Å². The fourth-order valence-electron chi connectivity index (χ4n) is 17.8. The Labute approximate surface area is 682 Å². The molecule has 1 radical (unpaired) electrons. The molecule has 11 aromatic rings. The number of aromatic amines is 1. The van der Waals surface area contributed by atoms with Crippen LogP contribution in [0.15, 0.2) is 231 Å². The molecule has 117 heavy (non-hydrogen) atoms. The minimum Gasteiger partial charge on any atom is -0.555 e. The molecule has 5 atom stereocenters. The number of allylic oxidation sites excluding steroid dienone is 3. The number of carbonyl (C=O) groups is 3. The summed E-state index contributed by atoms with van der Waals surface area (Å²) in [5.74, 6) is 3.03. The first-order valence-corrected chi connectivity index (χ1v) is 40.6. The lowest BCUT2D eigenvalue weighted by Crippen LogP contribution is -2.51. The number of nitrogens with zero attached hydrogens (tertiary/aromatic N) is 11. The lowest BCUT2D eigenvalue weighted by molar-refractivity contribution is -0.146. The zero-order valence-electron chi connectivity index (χ0n) is 65.5. The van der Waals surface area contributed by atoms with E-state index in [0.717, 1.165) is 84.9 Å². The van der Waals surface area contributed by atoms with Crippen molar-refractivity contribution in [2.24, 2.45) is 34.8 Å². The molecule has 0 spiro atoms. The van der Waals surface area contributed by atoms with Crippen molar-refractivity contribution >= 4 is 66.0 Å². The summed E-state index contributed by atoms with van der Waals surface area (Å²) < 4.78 is 11.1. The summed E-state index contributed by atoms with van der Waals surface area (Å²) in [6.45, 7) is 2.99. The molecule has 4 fully saturated rings. The molecule has 0 unspecified atom stereocenters. The lowest BCUT2D eigenvalue weighted by Gasteiger charge is -2.56. The number of amides is 2. The lowest BCUT2D eigenvalue weighted by atomic mass is 9.48. The first kappa shape index (κ1) is 79.5. The SMILES string of the molecule is N=CO[B][C@@H](Cc1ccc(OCc2ccccc2)cc1)C(=O)N[C@H](CNc1nnn(Cc2ccccc2)n1)CC1=CCc2ccccc21.N[C@H](CNc1nnn(Cc2ccccc2)n1)CC1=CCc2ccccc21.O=C(N[C@H](CNc1nn[nH]n1)CC1=CCc2ccccc21)[C@@H](CC(=O)C12CC3CC(CC(C3)C1)C2)Cc1ccc(O)cc1. The number of H-pyrrole nitrogens is 1. The van der Waals surface area contributed by atoms with Crippen molar-refractivity contribution in [3.63, 3.8) is 0 Å². The van der Waals surface area contributed by atoms with Crippen molar-refractivity contribution in [1.82, 2.24) is 71.7 Å². The molecule has 0 saturated heterocycles. The van der Waals surface area contributed by atoms with E-state index in [2.05, 4.69) is 151 Å². The predicted octanol–water partition coefficient (Wildman–Crippen LogP) is 12.9. The maximum atomic E-state index is 14.2. The Morgan fingerprint density at radius 2 is 0.991 bits per heavy atom. The predicted molar refractivity (Wildman–Crippen MR) is 452 cm³/mol. The van der Waals surface area contributed by atoms with Crippen LogP contribution in [0, 0.1) is 34.5 Å². The van der Waals surface area contributed by atoms with Gasteiger partial charge in [0.15, 0.2) is 0 Å². The molecule has 597 valence electrons. The van der Waals surface area contributed by atoms with Crippen LogP contribution in [0.4, 0.5) is 17.8 Å². The maximum Gasteiger partial charge on any atom is 0.384 e. The number of hydrogen-bond acceptors (Lipinski definition) is 20. The third-order valence-electron chi connectivity index (χ3n) is 23.1. The van der Waals surface area contributed by atoms with Gasteiger partial charge in [0, 0.05) is 43.4 Å². The topological polar surface area (TPSA) is 342 Å². The van der Waals surface area contributed by atoms with Gasteiger partial charge in [-0.25, -0.2) is 0 Å². The minimum atomic E-state index is -0.639. The Bertz CT molecular complexity index is 5180. The van der Waals surface area contributed by atoms with E-state index in [1.165, 1.54) is 76.8 Å². The number of phenols is 1. The molecule has 0 aliphatic heterocycles. The van der Waals surface area contributed by atoms with Gasteiger partial charge in [0.2, 0.25) is 11.8 Å². The highest BCUT2D eigenvalue weighted by atomic mass is 16.5. The van der Waals surface area contributed by atoms with Gasteiger partial charge in [-0.15, -0.1) is 15.3 Å². The highest BCUT2D eigenvalue weighted by Gasteiger charge is 2.54. The largest absolute Gasteiger partial charge is 0.555 e. The standard InChI is InChI=1S/C37H37BN7O3.C34H40N6O3.C20H22N6/c39-26-48-38-35(21-27-15-19-33(20-16-27)47-25-29-11-5-2-6-12-29)36(46)41-32(22-31-18-17-30-13-7-8-14-34(30)31)23-40-37-42-44-45(43-37)24-28-9-3-1-4-10-28;41-29-9-5-21(6-10-29)14-27(16-31(42)34-17-22-11-23(18-34)13-24(12-22)19-34)32(43)36-28(20-35-33-37-39-40-38-33)15-26-8-7-25-3-1-2-4-30(25)26;21-18(12-17-11-10-16-8-4-5-9-19(16)17)13-22-20-23-25-26(24-20)14-15-6-2-1-3-7-15/h1-16,18-20,26,32,35,39H,17,21-25H2,(H,40,43)(H,41,46);1-6,8-10,22-24,27-28,41H,7,11-20H2,(H,36,43)(H2,35,37,38,39,40);1-9,11,18H,10,12-14,21H2,(H,22,24)/t32-,35-;22?,23?,24?,27-,28+,34?;18-/m010/s1. The first-order valence-electron chi connectivity index (χ1n) is 40.6. The minimum absolute atomic E-state index is 0.00604. The van der Waals surface area contributed by atoms with Crippen molar-refractivity contribution in [1.29, 1.82) is 5.41 Å². The summed E-state index contributed by atoms with van der Waals surface area (Å²) in [4.78, 5) is 45.3. The van der Waals surface area contributed by atoms with Crippen molar-refractivity contribution in [3.8, 4) is 11.5 Å². The molecule has 18 rings (SSSR count). The molecule has 4 bridgehead atoms.